The van der Waals surface area contributed by atoms with Gasteiger partial charge in [0.15, 0.2) is 0 Å². The van der Waals surface area contributed by atoms with E-state index in [0.717, 1.165) is 25.8 Å². The van der Waals surface area contributed by atoms with Gasteiger partial charge in [-0.15, -0.1) is 0 Å². The summed E-state index contributed by atoms with van der Waals surface area (Å²) in [6, 6.07) is -0.456. The van der Waals surface area contributed by atoms with Gasteiger partial charge in [-0.25, -0.2) is 0 Å². The number of hydrogen-bond acceptors (Lipinski definition) is 3. The van der Waals surface area contributed by atoms with Crippen molar-refractivity contribution in [1.29, 1.82) is 0 Å². The first kappa shape index (κ1) is 10.4. The average Bonchev–Trinajstić information content (AvgIpc) is 2.16. The molecule has 0 bridgehead atoms. The maximum atomic E-state index is 12.0. The fourth-order valence-corrected chi connectivity index (χ4v) is 2.21. The Morgan fingerprint density at radius 2 is 2.07 bits per heavy atom. The van der Waals surface area contributed by atoms with E-state index in [1.165, 1.54) is 0 Å². The summed E-state index contributed by atoms with van der Waals surface area (Å²) in [5.74, 6) is -0.338. The summed E-state index contributed by atoms with van der Waals surface area (Å²) >= 11 is 0. The Morgan fingerprint density at radius 3 is 2.53 bits per heavy atom. The molecule has 5 heteroatoms. The highest BCUT2D eigenvalue weighted by Crippen LogP contribution is 2.20. The monoisotopic (exact) mass is 211 g/mol. The number of carbonyl (C=O) groups is 2. The topological polar surface area (TPSA) is 75.4 Å². The van der Waals surface area contributed by atoms with Crippen molar-refractivity contribution in [2.75, 3.05) is 13.1 Å². The van der Waals surface area contributed by atoms with Crippen LogP contribution in [0.5, 0.6) is 0 Å². The molecule has 5 nitrogen and oxygen atoms in total. The molecule has 3 N–H and O–H groups in total. The molecule has 84 valence electrons. The Kier molecular flexibility index (Phi) is 2.90. The van der Waals surface area contributed by atoms with E-state index in [1.807, 2.05) is 0 Å². The van der Waals surface area contributed by atoms with E-state index in [-0.39, 0.29) is 23.9 Å². The second-order valence-electron chi connectivity index (χ2n) is 4.24. The highest BCUT2D eigenvalue weighted by atomic mass is 16.2. The Balaban J connectivity index is 1.92. The number of carbonyl (C=O) groups excluding carboxylic acids is 2. The Bertz CT molecular complexity index is 274. The third-order valence-electron chi connectivity index (χ3n) is 3.24. The van der Waals surface area contributed by atoms with Crippen LogP contribution in [0.15, 0.2) is 0 Å². The Morgan fingerprint density at radius 1 is 1.27 bits per heavy atom. The van der Waals surface area contributed by atoms with Gasteiger partial charge in [0, 0.05) is 6.54 Å². The minimum Gasteiger partial charge on any atom is -0.368 e. The van der Waals surface area contributed by atoms with E-state index in [1.54, 1.807) is 4.90 Å². The molecular weight excluding hydrogens is 194 g/mol. The molecule has 0 aromatic heterocycles. The van der Waals surface area contributed by atoms with Gasteiger partial charge in [0.1, 0.15) is 6.04 Å². The second kappa shape index (κ2) is 4.18. The van der Waals surface area contributed by atoms with Crippen LogP contribution in [-0.2, 0) is 9.59 Å². The van der Waals surface area contributed by atoms with Crippen molar-refractivity contribution in [3.63, 3.8) is 0 Å². The van der Waals surface area contributed by atoms with E-state index in [9.17, 15) is 9.59 Å². The van der Waals surface area contributed by atoms with Crippen LogP contribution >= 0.6 is 0 Å². The quantitative estimate of drug-likeness (QED) is 0.629. The van der Waals surface area contributed by atoms with Crippen molar-refractivity contribution in [1.82, 2.24) is 10.2 Å². The highest BCUT2D eigenvalue weighted by molar-refractivity contribution is 5.90. The fraction of sp³-hybridized carbons (Fsp3) is 0.800. The van der Waals surface area contributed by atoms with Gasteiger partial charge in [-0.05, 0) is 25.8 Å². The largest absolute Gasteiger partial charge is 0.368 e. The van der Waals surface area contributed by atoms with E-state index >= 15 is 0 Å². The zero-order chi connectivity index (χ0) is 10.8. The molecule has 2 atom stereocenters. The number of likely N-dealkylation sites (tertiary alicyclic amines) is 1. The van der Waals surface area contributed by atoms with Crippen LogP contribution in [0, 0.1) is 0 Å². The molecule has 2 aliphatic heterocycles. The summed E-state index contributed by atoms with van der Waals surface area (Å²) in [4.78, 5) is 24.5. The molecule has 2 rings (SSSR count). The number of primary amides is 1. The summed E-state index contributed by atoms with van der Waals surface area (Å²) in [6.07, 6.45) is 3.80. The number of hydrogen-bond donors (Lipinski definition) is 2. The second-order valence-corrected chi connectivity index (χ2v) is 4.24. The van der Waals surface area contributed by atoms with Crippen molar-refractivity contribution in [3.8, 4) is 0 Å². The number of nitrogens with one attached hydrogen (secondary N) is 1. The Labute approximate surface area is 89.0 Å². The standard InChI is InChI=1S/C10H17N3O2/c11-9(14)8-4-6-13(8)10(15)7-3-1-2-5-12-7/h7-8,12H,1-6H2,(H2,11,14)/t7-,8?/m1/s1. The normalized spacial score (nSPS) is 30.8. The van der Waals surface area contributed by atoms with Gasteiger partial charge < -0.3 is 16.0 Å². The van der Waals surface area contributed by atoms with E-state index in [2.05, 4.69) is 5.32 Å². The SMILES string of the molecule is NC(=O)C1CCN1C(=O)[C@H]1CCCCN1. The minimum atomic E-state index is -0.384. The van der Waals surface area contributed by atoms with E-state index in [0.29, 0.717) is 13.0 Å². The van der Waals surface area contributed by atoms with Crippen molar-refractivity contribution >= 4 is 11.8 Å². The van der Waals surface area contributed by atoms with Gasteiger partial charge in [0.25, 0.3) is 0 Å². The number of piperidine rings is 1. The smallest absolute Gasteiger partial charge is 0.240 e. The Hall–Kier alpha value is -1.10. The van der Waals surface area contributed by atoms with Gasteiger partial charge in [0.05, 0.1) is 6.04 Å². The average molecular weight is 211 g/mol. The van der Waals surface area contributed by atoms with Gasteiger partial charge >= 0.3 is 0 Å². The third-order valence-corrected chi connectivity index (χ3v) is 3.24. The lowest BCUT2D eigenvalue weighted by Crippen LogP contribution is -2.61. The molecule has 0 aliphatic carbocycles. The predicted molar refractivity (Wildman–Crippen MR) is 55.0 cm³/mol. The van der Waals surface area contributed by atoms with Gasteiger partial charge in [-0.3, -0.25) is 9.59 Å². The van der Waals surface area contributed by atoms with Crippen molar-refractivity contribution in [2.45, 2.75) is 37.8 Å². The van der Waals surface area contributed by atoms with Crippen molar-refractivity contribution in [2.24, 2.45) is 5.73 Å². The molecular formula is C10H17N3O2. The van der Waals surface area contributed by atoms with E-state index < -0.39 is 0 Å². The van der Waals surface area contributed by atoms with Crippen LogP contribution in [0.2, 0.25) is 0 Å². The molecule has 1 unspecified atom stereocenters. The van der Waals surface area contributed by atoms with Crippen molar-refractivity contribution < 1.29 is 9.59 Å². The lowest BCUT2D eigenvalue weighted by Gasteiger charge is -2.41. The van der Waals surface area contributed by atoms with Gasteiger partial charge in [0.2, 0.25) is 11.8 Å². The zero-order valence-corrected chi connectivity index (χ0v) is 8.74. The molecule has 15 heavy (non-hydrogen) atoms. The number of nitrogens with zero attached hydrogens (tertiary/aromatic N) is 1. The summed E-state index contributed by atoms with van der Waals surface area (Å²) in [5, 5.41) is 3.18. The maximum absolute atomic E-state index is 12.0. The summed E-state index contributed by atoms with van der Waals surface area (Å²) < 4.78 is 0. The molecule has 0 aromatic carbocycles. The fourth-order valence-electron chi connectivity index (χ4n) is 2.21. The molecule has 2 saturated heterocycles. The van der Waals surface area contributed by atoms with Crippen molar-refractivity contribution in [3.05, 3.63) is 0 Å². The van der Waals surface area contributed by atoms with Crippen LogP contribution in [0.1, 0.15) is 25.7 Å². The minimum absolute atomic E-state index is 0.0461. The molecule has 0 radical (unpaired) electrons. The van der Waals surface area contributed by atoms with E-state index in [4.69, 9.17) is 5.73 Å². The lowest BCUT2D eigenvalue weighted by atomic mass is 9.97. The number of rotatable bonds is 2. The first-order valence-corrected chi connectivity index (χ1v) is 5.53. The van der Waals surface area contributed by atoms with Crippen LogP contribution in [0.4, 0.5) is 0 Å². The molecule has 2 fully saturated rings. The number of amides is 2. The van der Waals surface area contributed by atoms with Crippen LogP contribution in [0.3, 0.4) is 0 Å². The zero-order valence-electron chi connectivity index (χ0n) is 8.74. The summed E-state index contributed by atoms with van der Waals surface area (Å²) in [7, 11) is 0. The molecule has 0 spiro atoms. The molecule has 0 aromatic rings. The highest BCUT2D eigenvalue weighted by Gasteiger charge is 2.39. The summed E-state index contributed by atoms with van der Waals surface area (Å²) in [6.45, 7) is 1.57. The third kappa shape index (κ3) is 1.97. The molecule has 0 saturated carbocycles. The molecule has 2 heterocycles. The van der Waals surface area contributed by atoms with Crippen LogP contribution in [0.25, 0.3) is 0 Å². The van der Waals surface area contributed by atoms with Gasteiger partial charge in [-0.2, -0.15) is 0 Å². The first-order valence-electron chi connectivity index (χ1n) is 5.53. The van der Waals surface area contributed by atoms with Crippen LogP contribution < -0.4 is 11.1 Å². The maximum Gasteiger partial charge on any atom is 0.240 e. The number of nitrogens with two attached hydrogens (primary N) is 1. The van der Waals surface area contributed by atoms with Gasteiger partial charge in [-0.1, -0.05) is 6.42 Å². The first-order chi connectivity index (χ1) is 7.20. The lowest BCUT2D eigenvalue weighted by molar-refractivity contribution is -0.148. The molecule has 2 amide bonds. The summed E-state index contributed by atoms with van der Waals surface area (Å²) in [5.41, 5.74) is 5.20. The van der Waals surface area contributed by atoms with Crippen LogP contribution in [-0.4, -0.2) is 41.9 Å². The molecule has 2 aliphatic rings. The predicted octanol–water partition coefficient (Wildman–Crippen LogP) is -0.785.